The maximum absolute atomic E-state index is 14.1. The third-order valence-corrected chi connectivity index (χ3v) is 9.47. The van der Waals surface area contributed by atoms with E-state index in [0.29, 0.717) is 26.6 Å². The number of rotatable bonds is 6. The van der Waals surface area contributed by atoms with Crippen LogP contribution in [-0.4, -0.2) is 34.5 Å². The fourth-order valence-corrected chi connectivity index (χ4v) is 7.29. The first-order chi connectivity index (χ1) is 20.7. The average Bonchev–Trinajstić information content (AvgIpc) is 3.38. The van der Waals surface area contributed by atoms with Gasteiger partial charge in [0.25, 0.3) is 10.0 Å². The zero-order chi connectivity index (χ0) is 30.3. The quantitative estimate of drug-likeness (QED) is 0.0713. The monoisotopic (exact) mass is 653 g/mol. The van der Waals surface area contributed by atoms with Crippen LogP contribution in [0.3, 0.4) is 0 Å². The smallest absolute Gasteiger partial charge is 0.268 e. The highest BCUT2D eigenvalue weighted by atomic mass is 79.9. The lowest BCUT2D eigenvalue weighted by atomic mass is 9.98. The Kier molecular flexibility index (Phi) is 7.12. The predicted octanol–water partition coefficient (Wildman–Crippen LogP) is 6.32. The van der Waals surface area contributed by atoms with E-state index in [4.69, 9.17) is 21.9 Å². The molecule has 0 saturated carbocycles. The van der Waals surface area contributed by atoms with Crippen molar-refractivity contribution in [1.29, 1.82) is 0 Å². The minimum absolute atomic E-state index is 0.0154. The molecule has 0 aliphatic rings. The summed E-state index contributed by atoms with van der Waals surface area (Å²) in [6.45, 7) is 0. The summed E-state index contributed by atoms with van der Waals surface area (Å²) in [6.07, 6.45) is 0. The zero-order valence-corrected chi connectivity index (χ0v) is 24.8. The number of nitrogens with two attached hydrogens (primary N) is 2. The molecule has 11 heteroatoms. The van der Waals surface area contributed by atoms with Crippen LogP contribution in [0.15, 0.2) is 129 Å². The third-order valence-electron chi connectivity index (χ3n) is 7.25. The first kappa shape index (κ1) is 28.0. The van der Waals surface area contributed by atoms with E-state index in [1.54, 1.807) is 72.8 Å². The lowest BCUT2D eigenvalue weighted by molar-refractivity contribution is 0.318. The molecule has 43 heavy (non-hydrogen) atoms. The van der Waals surface area contributed by atoms with Gasteiger partial charge in [-0.3, -0.25) is 0 Å². The number of aromatic nitrogens is 1. The van der Waals surface area contributed by atoms with Crippen molar-refractivity contribution in [3.05, 3.63) is 125 Å². The van der Waals surface area contributed by atoms with E-state index in [2.05, 4.69) is 26.2 Å². The lowest BCUT2D eigenvalue weighted by Crippen LogP contribution is -2.13. The zero-order valence-electron chi connectivity index (χ0n) is 22.4. The number of hydrogen-bond acceptors (Lipinski definition) is 6. The van der Waals surface area contributed by atoms with Crippen molar-refractivity contribution in [3.8, 4) is 22.3 Å². The van der Waals surface area contributed by atoms with Crippen molar-refractivity contribution in [3.63, 3.8) is 0 Å². The number of nitrogens with zero attached hydrogens (tertiary/aromatic N) is 3. The number of hydrogen-bond donors (Lipinski definition) is 4. The molecular formula is C32H24BrN5O4S. The largest absolute Gasteiger partial charge is 0.409 e. The molecule has 1 heterocycles. The fraction of sp³-hybridized carbons (Fsp3) is 0. The molecule has 0 amide bonds. The highest BCUT2D eigenvalue weighted by Gasteiger charge is 2.24. The van der Waals surface area contributed by atoms with Crippen LogP contribution in [-0.2, 0) is 10.0 Å². The summed E-state index contributed by atoms with van der Waals surface area (Å²) in [4.78, 5) is 0.145. The van der Waals surface area contributed by atoms with Crippen LogP contribution in [0.1, 0.15) is 11.1 Å². The van der Waals surface area contributed by atoms with E-state index in [0.717, 1.165) is 33.0 Å². The summed E-state index contributed by atoms with van der Waals surface area (Å²) in [5.74, 6) is -0.0307. The van der Waals surface area contributed by atoms with Crippen LogP contribution >= 0.6 is 15.9 Å². The standard InChI is InChI=1S/C32H24BrN5O4S/c33-25-8-3-9-26(18-25)43(41,42)38-29-12-10-21(19-4-1-6-23(14-19)31(34)36-39)16-27(29)28-17-22(11-13-30(28)38)20-5-2-7-24(15-20)32(35)37-40/h1-18,39-40H,(H2,34,36)(H2,35,37). The van der Waals surface area contributed by atoms with E-state index in [9.17, 15) is 8.42 Å². The Labute approximate surface area is 255 Å². The molecule has 1 aromatic heterocycles. The van der Waals surface area contributed by atoms with Crippen LogP contribution in [0.2, 0.25) is 0 Å². The van der Waals surface area contributed by atoms with Crippen molar-refractivity contribution in [2.75, 3.05) is 0 Å². The Morgan fingerprint density at radius 1 is 0.628 bits per heavy atom. The van der Waals surface area contributed by atoms with Crippen molar-refractivity contribution in [1.82, 2.24) is 3.97 Å². The Hall–Kier alpha value is -5.13. The molecule has 214 valence electrons. The maximum atomic E-state index is 14.1. The molecule has 6 N–H and O–H groups in total. The molecule has 0 radical (unpaired) electrons. The average molecular weight is 655 g/mol. The Balaban J connectivity index is 1.63. The molecular weight excluding hydrogens is 630 g/mol. The highest BCUT2D eigenvalue weighted by molar-refractivity contribution is 9.10. The number of oxime groups is 2. The van der Waals surface area contributed by atoms with E-state index in [-0.39, 0.29) is 16.6 Å². The molecule has 0 saturated heterocycles. The summed E-state index contributed by atoms with van der Waals surface area (Å²) in [5, 5.41) is 26.0. The summed E-state index contributed by atoms with van der Waals surface area (Å²) in [6, 6.07) is 32.2. The van der Waals surface area contributed by atoms with Crippen LogP contribution in [0.4, 0.5) is 0 Å². The molecule has 0 unspecified atom stereocenters. The molecule has 0 aliphatic heterocycles. The molecule has 0 spiro atoms. The molecule has 0 fully saturated rings. The second kappa shape index (κ2) is 10.9. The fourth-order valence-electron chi connectivity index (χ4n) is 5.17. The summed E-state index contributed by atoms with van der Waals surface area (Å²) < 4.78 is 30.3. The molecule has 0 aliphatic carbocycles. The van der Waals surface area contributed by atoms with Gasteiger partial charge in [0.15, 0.2) is 11.7 Å². The van der Waals surface area contributed by atoms with Gasteiger partial charge >= 0.3 is 0 Å². The number of amidine groups is 2. The van der Waals surface area contributed by atoms with Crippen LogP contribution in [0.25, 0.3) is 44.1 Å². The third kappa shape index (κ3) is 4.98. The van der Waals surface area contributed by atoms with Crippen molar-refractivity contribution >= 4 is 59.4 Å². The van der Waals surface area contributed by atoms with Gasteiger partial charge in [0.2, 0.25) is 0 Å². The summed E-state index contributed by atoms with van der Waals surface area (Å²) in [5.41, 5.74) is 17.0. The summed E-state index contributed by atoms with van der Waals surface area (Å²) >= 11 is 3.39. The van der Waals surface area contributed by atoms with E-state index in [1.807, 2.05) is 36.4 Å². The molecule has 9 nitrogen and oxygen atoms in total. The van der Waals surface area contributed by atoms with Gasteiger partial charge in [0.1, 0.15) is 0 Å². The maximum Gasteiger partial charge on any atom is 0.268 e. The normalized spacial score (nSPS) is 12.7. The molecule has 0 bridgehead atoms. The van der Waals surface area contributed by atoms with Gasteiger partial charge in [-0.1, -0.05) is 80.8 Å². The van der Waals surface area contributed by atoms with Gasteiger partial charge in [0, 0.05) is 26.4 Å². The van der Waals surface area contributed by atoms with Gasteiger partial charge in [-0.25, -0.2) is 12.4 Å². The minimum Gasteiger partial charge on any atom is -0.409 e. The van der Waals surface area contributed by atoms with E-state index in [1.165, 1.54) is 3.97 Å². The second-order valence-electron chi connectivity index (χ2n) is 9.82. The van der Waals surface area contributed by atoms with Crippen molar-refractivity contribution in [2.45, 2.75) is 4.90 Å². The highest BCUT2D eigenvalue weighted by Crippen LogP contribution is 2.38. The molecule has 0 atom stereocenters. The van der Waals surface area contributed by atoms with Crippen molar-refractivity contribution < 1.29 is 18.8 Å². The van der Waals surface area contributed by atoms with Crippen LogP contribution in [0, 0.1) is 0 Å². The Morgan fingerprint density at radius 3 is 1.56 bits per heavy atom. The predicted molar refractivity (Wildman–Crippen MR) is 172 cm³/mol. The number of halogens is 1. The van der Waals surface area contributed by atoms with Gasteiger partial charge in [-0.05, 0) is 76.9 Å². The topological polar surface area (TPSA) is 156 Å². The van der Waals surface area contributed by atoms with E-state index < -0.39 is 10.0 Å². The SMILES string of the molecule is N/C(=N\O)c1cccc(-c2ccc3c(c2)c2cc(-c4cccc(/C(N)=N/O)c4)ccc2n3S(=O)(=O)c2cccc(Br)c2)c1. The first-order valence-electron chi connectivity index (χ1n) is 13.0. The minimum atomic E-state index is -4.00. The van der Waals surface area contributed by atoms with Gasteiger partial charge < -0.3 is 21.9 Å². The molecule has 5 aromatic carbocycles. The first-order valence-corrected chi connectivity index (χ1v) is 15.2. The van der Waals surface area contributed by atoms with Gasteiger partial charge in [0.05, 0.1) is 15.9 Å². The van der Waals surface area contributed by atoms with Gasteiger partial charge in [-0.15, -0.1) is 0 Å². The van der Waals surface area contributed by atoms with Gasteiger partial charge in [-0.2, -0.15) is 0 Å². The van der Waals surface area contributed by atoms with Crippen LogP contribution in [0.5, 0.6) is 0 Å². The lowest BCUT2D eigenvalue weighted by Gasteiger charge is -2.11. The Bertz CT molecular complexity index is 2110. The Morgan fingerprint density at radius 2 is 1.09 bits per heavy atom. The second-order valence-corrected chi connectivity index (χ2v) is 12.5. The molecule has 6 rings (SSSR count). The summed E-state index contributed by atoms with van der Waals surface area (Å²) in [7, 11) is -4.00. The van der Waals surface area contributed by atoms with Crippen LogP contribution < -0.4 is 11.5 Å². The number of fused-ring (bicyclic) bond motifs is 3. The number of benzene rings is 5. The van der Waals surface area contributed by atoms with Crippen molar-refractivity contribution in [2.24, 2.45) is 21.8 Å². The molecule has 6 aromatic rings. The van der Waals surface area contributed by atoms with E-state index >= 15 is 0 Å².